The number of ether oxygens (including phenoxy) is 2. The fourth-order valence-electron chi connectivity index (χ4n) is 2.44. The number of benzene rings is 1. The average molecular weight is 292 g/mol. The van der Waals surface area contributed by atoms with Crippen LogP contribution in [0.1, 0.15) is 24.4 Å². The van der Waals surface area contributed by atoms with Crippen molar-refractivity contribution >= 4 is 6.03 Å². The summed E-state index contributed by atoms with van der Waals surface area (Å²) in [5.41, 5.74) is 1.13. The molecule has 0 aromatic heterocycles. The Bertz CT molecular complexity index is 529. The van der Waals surface area contributed by atoms with E-state index in [4.69, 9.17) is 9.47 Å². The van der Waals surface area contributed by atoms with Crippen LogP contribution in [-0.4, -0.2) is 39.5 Å². The zero-order valence-electron chi connectivity index (χ0n) is 12.4. The van der Waals surface area contributed by atoms with Crippen LogP contribution in [0.2, 0.25) is 0 Å². The van der Waals surface area contributed by atoms with Gasteiger partial charge in [-0.3, -0.25) is 0 Å². The summed E-state index contributed by atoms with van der Waals surface area (Å²) in [7, 11) is 4.16. The molecule has 1 aliphatic carbocycles. The van der Waals surface area contributed by atoms with Crippen molar-refractivity contribution in [3.05, 3.63) is 23.8 Å². The number of fused-ring (bicyclic) bond motifs is 1. The molecule has 21 heavy (non-hydrogen) atoms. The first-order valence-electron chi connectivity index (χ1n) is 7.37. The summed E-state index contributed by atoms with van der Waals surface area (Å²) in [5.74, 6) is 1.56. The second-order valence-corrected chi connectivity index (χ2v) is 5.87. The van der Waals surface area contributed by atoms with Gasteiger partial charge in [0, 0.05) is 11.6 Å². The molecule has 1 heterocycles. The number of amides is 2. The SMILES string of the molecule is C[NH+](C)C(CNC(=O)NC1CC1)c1ccc2c(c1)OCO2. The van der Waals surface area contributed by atoms with Gasteiger partial charge in [-0.25, -0.2) is 4.79 Å². The van der Waals surface area contributed by atoms with Crippen molar-refractivity contribution in [2.45, 2.75) is 24.9 Å². The molecule has 2 aliphatic rings. The quantitative estimate of drug-likeness (QED) is 0.719. The number of carbonyl (C=O) groups is 1. The number of nitrogens with one attached hydrogen (secondary N) is 3. The van der Waals surface area contributed by atoms with Crippen molar-refractivity contribution < 1.29 is 19.2 Å². The first-order chi connectivity index (χ1) is 10.1. The molecular formula is C15H22N3O3+. The molecule has 114 valence electrons. The van der Waals surface area contributed by atoms with Gasteiger partial charge in [0.25, 0.3) is 0 Å². The number of likely N-dealkylation sites (N-methyl/N-ethyl adjacent to an activating group) is 1. The van der Waals surface area contributed by atoms with Gasteiger partial charge >= 0.3 is 6.03 Å². The lowest BCUT2D eigenvalue weighted by molar-refractivity contribution is -0.890. The van der Waals surface area contributed by atoms with Crippen LogP contribution >= 0.6 is 0 Å². The van der Waals surface area contributed by atoms with Crippen LogP contribution in [0.15, 0.2) is 18.2 Å². The Balaban J connectivity index is 1.64. The standard InChI is InChI=1S/C15H21N3O3/c1-18(2)12(8-16-15(19)17-11-4-5-11)10-3-6-13-14(7-10)21-9-20-13/h3,6-7,11-12H,4-5,8-9H2,1-2H3,(H2,16,17,19)/p+1. The highest BCUT2D eigenvalue weighted by molar-refractivity contribution is 5.74. The van der Waals surface area contributed by atoms with Crippen LogP contribution in [0.4, 0.5) is 4.79 Å². The van der Waals surface area contributed by atoms with Crippen LogP contribution in [0, 0.1) is 0 Å². The Hall–Kier alpha value is -1.95. The van der Waals surface area contributed by atoms with E-state index in [2.05, 4.69) is 24.7 Å². The van der Waals surface area contributed by atoms with E-state index < -0.39 is 0 Å². The van der Waals surface area contributed by atoms with Gasteiger partial charge in [0.1, 0.15) is 6.04 Å². The number of rotatable bonds is 5. The van der Waals surface area contributed by atoms with Crippen molar-refractivity contribution in [2.24, 2.45) is 0 Å². The summed E-state index contributed by atoms with van der Waals surface area (Å²) in [6.07, 6.45) is 2.19. The van der Waals surface area contributed by atoms with E-state index in [0.717, 1.165) is 29.9 Å². The molecule has 0 spiro atoms. The Kier molecular flexibility index (Phi) is 3.88. The van der Waals surface area contributed by atoms with Crippen molar-refractivity contribution in [1.82, 2.24) is 10.6 Å². The number of hydrogen-bond acceptors (Lipinski definition) is 3. The summed E-state index contributed by atoms with van der Waals surface area (Å²) in [5, 5.41) is 5.90. The van der Waals surface area contributed by atoms with E-state index in [1.165, 1.54) is 4.90 Å². The van der Waals surface area contributed by atoms with Gasteiger partial charge in [0.15, 0.2) is 11.5 Å². The molecule has 1 saturated carbocycles. The van der Waals surface area contributed by atoms with Crippen LogP contribution < -0.4 is 25.0 Å². The van der Waals surface area contributed by atoms with Gasteiger partial charge in [0.2, 0.25) is 6.79 Å². The molecule has 6 nitrogen and oxygen atoms in total. The molecule has 1 atom stereocenters. The second-order valence-electron chi connectivity index (χ2n) is 5.87. The first-order valence-corrected chi connectivity index (χ1v) is 7.37. The third-order valence-electron chi connectivity index (χ3n) is 3.88. The lowest BCUT2D eigenvalue weighted by Crippen LogP contribution is -3.07. The number of hydrogen-bond donors (Lipinski definition) is 3. The molecule has 1 unspecified atom stereocenters. The summed E-state index contributed by atoms with van der Waals surface area (Å²) in [6.45, 7) is 0.862. The molecular weight excluding hydrogens is 270 g/mol. The second kappa shape index (κ2) is 5.81. The molecule has 3 N–H and O–H groups in total. The van der Waals surface area contributed by atoms with Crippen molar-refractivity contribution in [2.75, 3.05) is 27.4 Å². The van der Waals surface area contributed by atoms with Crippen LogP contribution in [-0.2, 0) is 0 Å². The van der Waals surface area contributed by atoms with Crippen molar-refractivity contribution in [3.63, 3.8) is 0 Å². The highest BCUT2D eigenvalue weighted by atomic mass is 16.7. The summed E-state index contributed by atoms with van der Waals surface area (Å²) in [6, 6.07) is 6.43. The van der Waals surface area contributed by atoms with Gasteiger partial charge in [0.05, 0.1) is 20.6 Å². The Morgan fingerprint density at radius 3 is 2.81 bits per heavy atom. The molecule has 1 aliphatic heterocycles. The lowest BCUT2D eigenvalue weighted by Gasteiger charge is -2.22. The number of urea groups is 1. The maximum Gasteiger partial charge on any atom is 0.315 e. The summed E-state index contributed by atoms with van der Waals surface area (Å²) < 4.78 is 10.8. The van der Waals surface area contributed by atoms with Gasteiger partial charge in [-0.05, 0) is 31.0 Å². The van der Waals surface area contributed by atoms with Crippen LogP contribution in [0.5, 0.6) is 11.5 Å². The molecule has 6 heteroatoms. The number of quaternary nitrogens is 1. The summed E-state index contributed by atoms with van der Waals surface area (Å²) >= 11 is 0. The topological polar surface area (TPSA) is 64.0 Å². The van der Waals surface area contributed by atoms with E-state index in [-0.39, 0.29) is 18.9 Å². The normalized spacial score (nSPS) is 17.7. The maximum atomic E-state index is 11.8. The monoisotopic (exact) mass is 292 g/mol. The molecule has 1 fully saturated rings. The van der Waals surface area contributed by atoms with Gasteiger partial charge < -0.3 is 25.0 Å². The van der Waals surface area contributed by atoms with Crippen LogP contribution in [0.25, 0.3) is 0 Å². The number of carbonyl (C=O) groups excluding carboxylic acids is 1. The Morgan fingerprint density at radius 2 is 2.10 bits per heavy atom. The molecule has 0 saturated heterocycles. The lowest BCUT2D eigenvalue weighted by atomic mass is 10.1. The average Bonchev–Trinajstić information content (AvgIpc) is 3.13. The third-order valence-corrected chi connectivity index (χ3v) is 3.88. The van der Waals surface area contributed by atoms with E-state index in [1.54, 1.807) is 0 Å². The van der Waals surface area contributed by atoms with E-state index >= 15 is 0 Å². The third kappa shape index (κ3) is 3.39. The minimum Gasteiger partial charge on any atom is -0.454 e. The van der Waals surface area contributed by atoms with Gasteiger partial charge in [-0.2, -0.15) is 0 Å². The fraction of sp³-hybridized carbons (Fsp3) is 0.533. The van der Waals surface area contributed by atoms with Crippen molar-refractivity contribution in [1.29, 1.82) is 0 Å². The molecule has 0 bridgehead atoms. The maximum absolute atomic E-state index is 11.8. The molecule has 2 amide bonds. The predicted molar refractivity (Wildman–Crippen MR) is 77.7 cm³/mol. The minimum atomic E-state index is -0.0792. The first kappa shape index (κ1) is 14.0. The minimum absolute atomic E-state index is 0.0792. The van der Waals surface area contributed by atoms with Crippen molar-refractivity contribution in [3.8, 4) is 11.5 Å². The van der Waals surface area contributed by atoms with Gasteiger partial charge in [-0.1, -0.05) is 0 Å². The molecule has 1 aromatic rings. The highest BCUT2D eigenvalue weighted by Crippen LogP contribution is 2.33. The Morgan fingerprint density at radius 1 is 1.33 bits per heavy atom. The fourth-order valence-corrected chi connectivity index (χ4v) is 2.44. The van der Waals surface area contributed by atoms with Crippen LogP contribution in [0.3, 0.4) is 0 Å². The molecule has 1 aromatic carbocycles. The van der Waals surface area contributed by atoms with E-state index in [9.17, 15) is 4.79 Å². The molecule has 0 radical (unpaired) electrons. The Labute approximate surface area is 124 Å². The van der Waals surface area contributed by atoms with Gasteiger partial charge in [-0.15, -0.1) is 0 Å². The smallest absolute Gasteiger partial charge is 0.315 e. The zero-order valence-corrected chi connectivity index (χ0v) is 12.4. The molecule has 3 rings (SSSR count). The highest BCUT2D eigenvalue weighted by Gasteiger charge is 2.25. The largest absolute Gasteiger partial charge is 0.454 e. The van der Waals surface area contributed by atoms with E-state index in [0.29, 0.717) is 12.6 Å². The zero-order chi connectivity index (χ0) is 14.8. The van der Waals surface area contributed by atoms with E-state index in [1.807, 2.05) is 18.2 Å². The summed E-state index contributed by atoms with van der Waals surface area (Å²) in [4.78, 5) is 13.0. The predicted octanol–water partition coefficient (Wildman–Crippen LogP) is 0.0625.